The zero-order valence-electron chi connectivity index (χ0n) is 9.60. The lowest BCUT2D eigenvalue weighted by molar-refractivity contribution is -0.141. The Morgan fingerprint density at radius 3 is 2.35 bits per heavy atom. The molecule has 0 aromatic heterocycles. The second-order valence-electron chi connectivity index (χ2n) is 3.21. The summed E-state index contributed by atoms with van der Waals surface area (Å²) in [5.41, 5.74) is 0.431. The number of Topliss-reactive ketones (excluding diaryl/α,β-unsaturated/α-hetero) is 1. The zero-order valence-corrected chi connectivity index (χ0v) is 11.2. The third-order valence-corrected chi connectivity index (χ3v) is 2.89. The molecule has 0 spiro atoms. The van der Waals surface area contributed by atoms with E-state index in [1.807, 2.05) is 0 Å². The predicted octanol–water partition coefficient (Wildman–Crippen LogP) is 2.20. The maximum Gasteiger partial charge on any atom is 0.327 e. The standard InChI is InChI=1S/C12H13BrO4/c1-3-17-12(15)10(13)11(14)8-4-6-9(16-2)7-5-8/h4-7,10H,3H2,1-2H3/t10-/m1/s1. The molecule has 0 aliphatic carbocycles. The molecule has 92 valence electrons. The number of carbonyl (C=O) groups excluding carboxylic acids is 2. The molecule has 0 saturated carbocycles. The first kappa shape index (κ1) is 13.7. The smallest absolute Gasteiger partial charge is 0.327 e. The summed E-state index contributed by atoms with van der Waals surface area (Å²) in [6.45, 7) is 1.94. The second kappa shape index (κ2) is 6.39. The van der Waals surface area contributed by atoms with E-state index in [0.717, 1.165) is 0 Å². The van der Waals surface area contributed by atoms with Gasteiger partial charge in [-0.25, -0.2) is 0 Å². The van der Waals surface area contributed by atoms with Crippen molar-refractivity contribution in [3.8, 4) is 5.75 Å². The quantitative estimate of drug-likeness (QED) is 0.362. The van der Waals surface area contributed by atoms with Gasteiger partial charge in [0.25, 0.3) is 0 Å². The Kier molecular flexibility index (Phi) is 5.15. The molecule has 0 fully saturated rings. The van der Waals surface area contributed by atoms with Crippen molar-refractivity contribution < 1.29 is 19.1 Å². The van der Waals surface area contributed by atoms with Gasteiger partial charge in [0.1, 0.15) is 5.75 Å². The van der Waals surface area contributed by atoms with Gasteiger partial charge in [-0.3, -0.25) is 9.59 Å². The topological polar surface area (TPSA) is 52.6 Å². The lowest BCUT2D eigenvalue weighted by Crippen LogP contribution is -2.26. The molecule has 0 unspecified atom stereocenters. The molecule has 4 nitrogen and oxygen atoms in total. The van der Waals surface area contributed by atoms with E-state index in [1.165, 1.54) is 0 Å². The molecule has 5 heteroatoms. The summed E-state index contributed by atoms with van der Waals surface area (Å²) in [4.78, 5) is 22.3. The van der Waals surface area contributed by atoms with E-state index in [9.17, 15) is 9.59 Å². The Balaban J connectivity index is 2.77. The second-order valence-corrected chi connectivity index (χ2v) is 4.12. The Morgan fingerprint density at radius 1 is 1.29 bits per heavy atom. The van der Waals surface area contributed by atoms with Gasteiger partial charge in [-0.05, 0) is 31.2 Å². The number of hydrogen-bond acceptors (Lipinski definition) is 4. The molecule has 0 heterocycles. The van der Waals surface area contributed by atoms with Crippen molar-refractivity contribution in [1.29, 1.82) is 0 Å². The van der Waals surface area contributed by atoms with Gasteiger partial charge < -0.3 is 9.47 Å². The first-order chi connectivity index (χ1) is 8.10. The van der Waals surface area contributed by atoms with Crippen LogP contribution < -0.4 is 4.74 Å². The lowest BCUT2D eigenvalue weighted by Gasteiger charge is -2.08. The maximum absolute atomic E-state index is 11.9. The lowest BCUT2D eigenvalue weighted by atomic mass is 10.1. The highest BCUT2D eigenvalue weighted by Gasteiger charge is 2.25. The van der Waals surface area contributed by atoms with E-state index >= 15 is 0 Å². The average Bonchev–Trinajstić information content (AvgIpc) is 2.37. The molecule has 1 aromatic carbocycles. The Bertz CT molecular complexity index is 399. The summed E-state index contributed by atoms with van der Waals surface area (Å²) in [7, 11) is 1.54. The molecule has 0 radical (unpaired) electrons. The molecule has 0 saturated heterocycles. The Hall–Kier alpha value is -1.36. The van der Waals surface area contributed by atoms with Crippen molar-refractivity contribution in [1.82, 2.24) is 0 Å². The highest BCUT2D eigenvalue weighted by molar-refractivity contribution is 9.10. The van der Waals surface area contributed by atoms with Crippen molar-refractivity contribution in [3.63, 3.8) is 0 Å². The molecular weight excluding hydrogens is 288 g/mol. The molecule has 0 amide bonds. The maximum atomic E-state index is 11.9. The van der Waals surface area contributed by atoms with Crippen molar-refractivity contribution in [3.05, 3.63) is 29.8 Å². The minimum Gasteiger partial charge on any atom is -0.497 e. The number of ether oxygens (including phenoxy) is 2. The van der Waals surface area contributed by atoms with Crippen molar-refractivity contribution in [2.45, 2.75) is 11.8 Å². The van der Waals surface area contributed by atoms with E-state index in [1.54, 1.807) is 38.3 Å². The number of methoxy groups -OCH3 is 1. The normalized spacial score (nSPS) is 11.7. The molecular formula is C12H13BrO4. The fourth-order valence-corrected chi connectivity index (χ4v) is 1.62. The number of ketones is 1. The fourth-order valence-electron chi connectivity index (χ4n) is 1.22. The Morgan fingerprint density at radius 2 is 1.88 bits per heavy atom. The average molecular weight is 301 g/mol. The van der Waals surface area contributed by atoms with Crippen molar-refractivity contribution >= 4 is 27.7 Å². The van der Waals surface area contributed by atoms with Gasteiger partial charge in [-0.15, -0.1) is 0 Å². The molecule has 1 atom stereocenters. The van der Waals surface area contributed by atoms with E-state index in [-0.39, 0.29) is 12.4 Å². The van der Waals surface area contributed by atoms with Gasteiger partial charge in [0.15, 0.2) is 10.6 Å². The summed E-state index contributed by atoms with van der Waals surface area (Å²) in [6, 6.07) is 6.54. The highest BCUT2D eigenvalue weighted by Crippen LogP contribution is 2.16. The minimum absolute atomic E-state index is 0.247. The summed E-state index contributed by atoms with van der Waals surface area (Å²) < 4.78 is 9.74. The van der Waals surface area contributed by atoms with Crippen LogP contribution in [0, 0.1) is 0 Å². The van der Waals surface area contributed by atoms with E-state index in [4.69, 9.17) is 9.47 Å². The molecule has 0 aliphatic heterocycles. The molecule has 1 aromatic rings. The van der Waals surface area contributed by atoms with Crippen LogP contribution in [0.5, 0.6) is 5.75 Å². The highest BCUT2D eigenvalue weighted by atomic mass is 79.9. The largest absolute Gasteiger partial charge is 0.497 e. The van der Waals surface area contributed by atoms with Crippen molar-refractivity contribution in [2.75, 3.05) is 13.7 Å². The number of rotatable bonds is 5. The first-order valence-corrected chi connectivity index (χ1v) is 6.00. The summed E-state index contributed by atoms with van der Waals surface area (Å²) in [5, 5.41) is 0. The van der Waals surface area contributed by atoms with Crippen LogP contribution in [0.3, 0.4) is 0 Å². The van der Waals surface area contributed by atoms with Crippen molar-refractivity contribution in [2.24, 2.45) is 0 Å². The molecule has 0 N–H and O–H groups in total. The summed E-state index contributed by atoms with van der Waals surface area (Å²) in [5.74, 6) is -0.247. The fraction of sp³-hybridized carbons (Fsp3) is 0.333. The Labute approximate surface area is 108 Å². The van der Waals surface area contributed by atoms with Crippen LogP contribution in [0.25, 0.3) is 0 Å². The van der Waals surface area contributed by atoms with Crippen LogP contribution in [0.4, 0.5) is 0 Å². The zero-order chi connectivity index (χ0) is 12.8. The molecule has 0 aliphatic rings. The number of hydrogen-bond donors (Lipinski definition) is 0. The number of carbonyl (C=O) groups is 2. The summed E-state index contributed by atoms with van der Waals surface area (Å²) >= 11 is 3.03. The van der Waals surface area contributed by atoms with Crippen LogP contribution in [0.1, 0.15) is 17.3 Å². The predicted molar refractivity (Wildman–Crippen MR) is 66.7 cm³/mol. The third kappa shape index (κ3) is 3.56. The number of alkyl halides is 1. The van der Waals surface area contributed by atoms with E-state index < -0.39 is 10.8 Å². The van der Waals surface area contributed by atoms with Gasteiger partial charge in [0, 0.05) is 5.56 Å². The van der Waals surface area contributed by atoms with Gasteiger partial charge in [0.2, 0.25) is 0 Å². The van der Waals surface area contributed by atoms with Gasteiger partial charge >= 0.3 is 5.97 Å². The van der Waals surface area contributed by atoms with Crippen LogP contribution in [-0.4, -0.2) is 30.3 Å². The van der Waals surface area contributed by atoms with E-state index in [2.05, 4.69) is 15.9 Å². The van der Waals surface area contributed by atoms with Crippen LogP contribution in [0.15, 0.2) is 24.3 Å². The first-order valence-electron chi connectivity index (χ1n) is 5.09. The summed E-state index contributed by atoms with van der Waals surface area (Å²) in [6.07, 6.45) is 0. The van der Waals surface area contributed by atoms with Crippen LogP contribution in [0.2, 0.25) is 0 Å². The van der Waals surface area contributed by atoms with Crippen LogP contribution >= 0.6 is 15.9 Å². The van der Waals surface area contributed by atoms with Gasteiger partial charge in [-0.1, -0.05) is 15.9 Å². The SMILES string of the molecule is CCOC(=O)[C@H](Br)C(=O)c1ccc(OC)cc1. The third-order valence-electron chi connectivity index (χ3n) is 2.10. The number of esters is 1. The molecule has 0 bridgehead atoms. The van der Waals surface area contributed by atoms with Crippen LogP contribution in [-0.2, 0) is 9.53 Å². The number of halogens is 1. The van der Waals surface area contributed by atoms with Gasteiger partial charge in [0.05, 0.1) is 13.7 Å². The van der Waals surface area contributed by atoms with E-state index in [0.29, 0.717) is 11.3 Å². The number of benzene rings is 1. The minimum atomic E-state index is -0.962. The molecule has 17 heavy (non-hydrogen) atoms. The molecule has 1 rings (SSSR count). The monoisotopic (exact) mass is 300 g/mol. The van der Waals surface area contributed by atoms with Gasteiger partial charge in [-0.2, -0.15) is 0 Å².